The van der Waals surface area contributed by atoms with E-state index in [2.05, 4.69) is 4.98 Å². The number of allylic oxidation sites excluding steroid dienone is 3. The number of aryl methyl sites for hydroxylation is 1. The molecule has 0 amide bonds. The van der Waals surface area contributed by atoms with Crippen LogP contribution < -0.4 is 0 Å². The van der Waals surface area contributed by atoms with Crippen molar-refractivity contribution in [1.82, 2.24) is 4.98 Å². The Morgan fingerprint density at radius 2 is 1.85 bits per heavy atom. The van der Waals surface area contributed by atoms with Gasteiger partial charge >= 0.3 is 5.97 Å². The normalized spacial score (nSPS) is 30.1. The van der Waals surface area contributed by atoms with Gasteiger partial charge in [0.1, 0.15) is 23.8 Å². The fraction of sp³-hybridized carbons (Fsp3) is 0.593. The molecule has 1 aromatic rings. The second-order valence-corrected chi connectivity index (χ2v) is 10.0. The number of Topliss-reactive ketones (excluding diaryl/α,β-unsaturated/α-hetero) is 1. The van der Waals surface area contributed by atoms with Crippen LogP contribution in [0.2, 0.25) is 0 Å². The number of aliphatic hydroxyl groups is 2. The van der Waals surface area contributed by atoms with Gasteiger partial charge in [0.05, 0.1) is 24.0 Å². The highest BCUT2D eigenvalue weighted by Crippen LogP contribution is 2.32. The molecule has 0 bridgehead atoms. The summed E-state index contributed by atoms with van der Waals surface area (Å²) in [5.74, 6) is -1.17. The van der Waals surface area contributed by atoms with Crippen molar-refractivity contribution >= 4 is 17.8 Å². The van der Waals surface area contributed by atoms with E-state index in [0.29, 0.717) is 24.4 Å². The second-order valence-electron chi connectivity index (χ2n) is 10.0. The number of aliphatic hydroxyl groups excluding tert-OH is 2. The Labute approximate surface area is 202 Å². The van der Waals surface area contributed by atoms with Crippen molar-refractivity contribution in [2.45, 2.75) is 86.0 Å². The maximum absolute atomic E-state index is 13.1. The van der Waals surface area contributed by atoms with Gasteiger partial charge in [0.25, 0.3) is 0 Å². The molecule has 2 rings (SSSR count). The number of aromatic nitrogens is 1. The van der Waals surface area contributed by atoms with E-state index in [9.17, 15) is 19.8 Å². The van der Waals surface area contributed by atoms with Crippen LogP contribution in [0.15, 0.2) is 40.1 Å². The van der Waals surface area contributed by atoms with E-state index >= 15 is 0 Å². The lowest BCUT2D eigenvalue weighted by Crippen LogP contribution is -2.45. The van der Waals surface area contributed by atoms with E-state index in [0.717, 1.165) is 11.1 Å². The summed E-state index contributed by atoms with van der Waals surface area (Å²) in [6, 6.07) is 0. The third-order valence-electron chi connectivity index (χ3n) is 6.67. The first-order chi connectivity index (χ1) is 15.8. The molecule has 1 aliphatic heterocycles. The number of nitrogens with zero attached hydrogens (tertiary/aromatic N) is 1. The smallest absolute Gasteiger partial charge is 0.309 e. The van der Waals surface area contributed by atoms with E-state index in [1.165, 1.54) is 6.26 Å². The lowest BCUT2D eigenvalue weighted by atomic mass is 9.73. The van der Waals surface area contributed by atoms with E-state index < -0.39 is 35.6 Å². The molecular weight excluding hydrogens is 434 g/mol. The predicted molar refractivity (Wildman–Crippen MR) is 131 cm³/mol. The monoisotopic (exact) mass is 473 g/mol. The fourth-order valence-corrected chi connectivity index (χ4v) is 4.09. The van der Waals surface area contributed by atoms with Crippen molar-refractivity contribution in [3.8, 4) is 0 Å². The second kappa shape index (κ2) is 11.8. The lowest BCUT2D eigenvalue weighted by molar-refractivity contribution is -0.154. The number of ketones is 1. The lowest BCUT2D eigenvalue weighted by Gasteiger charge is -2.34. The minimum Gasteiger partial charge on any atom is -0.457 e. The maximum atomic E-state index is 13.1. The van der Waals surface area contributed by atoms with Crippen molar-refractivity contribution in [3.05, 3.63) is 47.2 Å². The number of esters is 1. The number of carbonyl (C=O) groups is 2. The molecule has 0 radical (unpaired) electrons. The fourth-order valence-electron chi connectivity index (χ4n) is 4.09. The van der Waals surface area contributed by atoms with Crippen LogP contribution in [0.5, 0.6) is 0 Å². The Balaban J connectivity index is 2.38. The summed E-state index contributed by atoms with van der Waals surface area (Å²) in [7, 11) is 0. The summed E-state index contributed by atoms with van der Waals surface area (Å²) in [6.45, 7) is 12.3. The summed E-state index contributed by atoms with van der Waals surface area (Å²) in [5, 5.41) is 21.5. The molecule has 5 atom stereocenters. The highest BCUT2D eigenvalue weighted by Gasteiger charge is 2.42. The first-order valence-corrected chi connectivity index (χ1v) is 11.9. The van der Waals surface area contributed by atoms with Crippen LogP contribution >= 0.6 is 0 Å². The Morgan fingerprint density at radius 3 is 2.47 bits per heavy atom. The van der Waals surface area contributed by atoms with Gasteiger partial charge in [0, 0.05) is 19.3 Å². The summed E-state index contributed by atoms with van der Waals surface area (Å²) < 4.78 is 11.0. The Bertz CT molecular complexity index is 954. The molecule has 0 saturated heterocycles. The van der Waals surface area contributed by atoms with Gasteiger partial charge in [-0.15, -0.1) is 0 Å². The van der Waals surface area contributed by atoms with E-state index in [-0.39, 0.29) is 18.1 Å². The molecule has 7 nitrogen and oxygen atoms in total. The molecule has 0 spiro atoms. The number of carbonyl (C=O) groups excluding carboxylic acids is 2. The Morgan fingerprint density at radius 1 is 1.18 bits per heavy atom. The SMILES string of the molecule is CC1=CC[C@@H](/C(C)=C/c2coc(C)n2)OC(=O)C[C@H](O)C(C)(C)C(=O)[C@H](C)[C@@H](O)C(C)CC=C1. The molecule has 1 aliphatic rings. The first kappa shape index (κ1) is 27.7. The van der Waals surface area contributed by atoms with E-state index in [1.54, 1.807) is 33.8 Å². The average Bonchev–Trinajstić information content (AvgIpc) is 3.18. The van der Waals surface area contributed by atoms with Crippen LogP contribution in [-0.4, -0.2) is 45.3 Å². The molecule has 2 N–H and O–H groups in total. The van der Waals surface area contributed by atoms with Crippen LogP contribution in [0, 0.1) is 24.2 Å². The van der Waals surface area contributed by atoms with Gasteiger partial charge in [-0.25, -0.2) is 4.98 Å². The Hall–Kier alpha value is -2.51. The van der Waals surface area contributed by atoms with E-state index in [4.69, 9.17) is 9.15 Å². The largest absolute Gasteiger partial charge is 0.457 e. The Kier molecular flexibility index (Phi) is 9.59. The van der Waals surface area contributed by atoms with Gasteiger partial charge in [0.2, 0.25) is 0 Å². The minimum atomic E-state index is -1.24. The number of oxazole rings is 1. The average molecular weight is 474 g/mol. The van der Waals surface area contributed by atoms with Crippen LogP contribution in [0.1, 0.15) is 72.4 Å². The van der Waals surface area contributed by atoms with Gasteiger partial charge < -0.3 is 19.4 Å². The van der Waals surface area contributed by atoms with Crippen molar-refractivity contribution in [3.63, 3.8) is 0 Å². The zero-order chi connectivity index (χ0) is 25.6. The van der Waals surface area contributed by atoms with Gasteiger partial charge in [-0.05, 0) is 37.8 Å². The number of hydrogen-bond acceptors (Lipinski definition) is 7. The third kappa shape index (κ3) is 7.24. The summed E-state index contributed by atoms with van der Waals surface area (Å²) in [5.41, 5.74) is 1.18. The molecule has 0 fully saturated rings. The quantitative estimate of drug-likeness (QED) is 0.605. The molecule has 0 aromatic carbocycles. The molecule has 188 valence electrons. The highest BCUT2D eigenvalue weighted by molar-refractivity contribution is 5.88. The van der Waals surface area contributed by atoms with Crippen LogP contribution in [0.4, 0.5) is 0 Å². The minimum absolute atomic E-state index is 0.141. The van der Waals surface area contributed by atoms with Crippen molar-refractivity contribution in [2.75, 3.05) is 0 Å². The predicted octanol–water partition coefficient (Wildman–Crippen LogP) is 4.57. The molecule has 7 heteroatoms. The standard InChI is InChI=1S/C27H39NO6/c1-16-9-8-10-17(2)25(31)19(4)26(32)27(6,7)23(29)14-24(30)34-22(12-11-16)18(3)13-21-15-33-20(5)28-21/h8-9,11,13,15,17,19,22-23,25,29,31H,10,12,14H2,1-7H3/b9-8?,16-11?,18-13+/t17?,19-,22+,23+,25+/m1/s1. The van der Waals surface area contributed by atoms with Crippen molar-refractivity contribution in [1.29, 1.82) is 0 Å². The maximum Gasteiger partial charge on any atom is 0.309 e. The van der Waals surface area contributed by atoms with Crippen LogP contribution in [-0.2, 0) is 14.3 Å². The van der Waals surface area contributed by atoms with Gasteiger partial charge in [0.15, 0.2) is 5.89 Å². The molecular formula is C27H39NO6. The number of cyclic esters (lactones) is 1. The molecule has 0 saturated carbocycles. The van der Waals surface area contributed by atoms with Crippen molar-refractivity contribution in [2.24, 2.45) is 17.3 Å². The molecule has 0 aliphatic carbocycles. The zero-order valence-corrected chi connectivity index (χ0v) is 21.4. The molecule has 1 unspecified atom stereocenters. The third-order valence-corrected chi connectivity index (χ3v) is 6.67. The molecule has 1 aromatic heterocycles. The van der Waals surface area contributed by atoms with Gasteiger partial charge in [-0.2, -0.15) is 0 Å². The number of hydrogen-bond donors (Lipinski definition) is 2. The summed E-state index contributed by atoms with van der Waals surface area (Å²) in [4.78, 5) is 30.2. The molecule has 2 heterocycles. The van der Waals surface area contributed by atoms with Crippen molar-refractivity contribution < 1.29 is 29.0 Å². The number of ether oxygens (including phenoxy) is 1. The van der Waals surface area contributed by atoms with Gasteiger partial charge in [-0.3, -0.25) is 9.59 Å². The summed E-state index contributed by atoms with van der Waals surface area (Å²) >= 11 is 0. The number of rotatable bonds is 2. The van der Waals surface area contributed by atoms with Crippen LogP contribution in [0.25, 0.3) is 6.08 Å². The van der Waals surface area contributed by atoms with Gasteiger partial charge in [-0.1, -0.05) is 51.5 Å². The van der Waals surface area contributed by atoms with Crippen LogP contribution in [0.3, 0.4) is 0 Å². The topological polar surface area (TPSA) is 110 Å². The van der Waals surface area contributed by atoms with E-state index in [1.807, 2.05) is 39.0 Å². The summed E-state index contributed by atoms with van der Waals surface area (Å²) in [6.07, 6.45) is 7.33. The zero-order valence-electron chi connectivity index (χ0n) is 21.4. The highest BCUT2D eigenvalue weighted by atomic mass is 16.5. The molecule has 34 heavy (non-hydrogen) atoms. The first-order valence-electron chi connectivity index (χ1n) is 11.9.